The zero-order valence-corrected chi connectivity index (χ0v) is 17.2. The average Bonchev–Trinajstić information content (AvgIpc) is 3.22. The number of carboxylic acid groups (broad SMARTS) is 1. The van der Waals surface area contributed by atoms with Crippen LogP contribution in [0.25, 0.3) is 10.4 Å². The summed E-state index contributed by atoms with van der Waals surface area (Å²) in [6.07, 6.45) is 0.221. The lowest BCUT2D eigenvalue weighted by Gasteiger charge is -2.21. The van der Waals surface area contributed by atoms with Crippen LogP contribution in [0.15, 0.2) is 65.6 Å². The Labute approximate surface area is 173 Å². The SMILES string of the molecule is CCC(C(=O)O)N1Cc2sc(-c3ccc(Oc4ccccc4)cc3)cc2S1(=O)=O. The molecule has 150 valence electrons. The van der Waals surface area contributed by atoms with E-state index in [0.717, 1.165) is 20.5 Å². The second-order valence-electron chi connectivity index (χ2n) is 6.65. The molecule has 1 unspecified atom stereocenters. The van der Waals surface area contributed by atoms with Crippen LogP contribution in [0.4, 0.5) is 0 Å². The van der Waals surface area contributed by atoms with Crippen molar-refractivity contribution < 1.29 is 23.1 Å². The Kier molecular flexibility index (Phi) is 5.16. The van der Waals surface area contributed by atoms with Crippen LogP contribution in [0, 0.1) is 0 Å². The summed E-state index contributed by atoms with van der Waals surface area (Å²) in [4.78, 5) is 13.1. The van der Waals surface area contributed by atoms with Crippen LogP contribution < -0.4 is 4.74 Å². The Hall–Kier alpha value is -2.68. The second kappa shape index (κ2) is 7.62. The Bertz CT molecular complexity index is 1140. The summed E-state index contributed by atoms with van der Waals surface area (Å²) in [6.45, 7) is 1.77. The van der Waals surface area contributed by atoms with Gasteiger partial charge < -0.3 is 9.84 Å². The Balaban J connectivity index is 1.57. The molecule has 2 heterocycles. The number of sulfonamides is 1. The van der Waals surface area contributed by atoms with E-state index in [1.807, 2.05) is 54.6 Å². The molecule has 1 aliphatic heterocycles. The van der Waals surface area contributed by atoms with E-state index in [4.69, 9.17) is 4.74 Å². The first-order valence-electron chi connectivity index (χ1n) is 9.11. The van der Waals surface area contributed by atoms with Gasteiger partial charge in [0, 0.05) is 9.75 Å². The molecule has 3 aromatic rings. The minimum atomic E-state index is -3.80. The molecule has 2 aromatic carbocycles. The average molecular weight is 430 g/mol. The fourth-order valence-corrected chi connectivity index (χ4v) is 6.73. The van der Waals surface area contributed by atoms with Gasteiger partial charge >= 0.3 is 5.97 Å². The molecule has 0 amide bonds. The van der Waals surface area contributed by atoms with Crippen molar-refractivity contribution >= 4 is 27.3 Å². The fraction of sp³-hybridized carbons (Fsp3) is 0.190. The van der Waals surface area contributed by atoms with E-state index in [0.29, 0.717) is 10.6 Å². The number of nitrogens with zero attached hydrogens (tertiary/aromatic N) is 1. The fourth-order valence-electron chi connectivity index (χ4n) is 3.33. The van der Waals surface area contributed by atoms with Gasteiger partial charge in [-0.3, -0.25) is 4.79 Å². The van der Waals surface area contributed by atoms with Gasteiger partial charge in [-0.1, -0.05) is 25.1 Å². The number of thiophene rings is 1. The standard InChI is InChI=1S/C21H19NO5S2/c1-2-17(21(23)24)22-13-19-20(29(22,25)26)12-18(28-19)14-8-10-16(11-9-14)27-15-6-4-3-5-7-15/h3-12,17H,2,13H2,1H3,(H,23,24). The van der Waals surface area contributed by atoms with Crippen LogP contribution in [0.1, 0.15) is 18.2 Å². The highest BCUT2D eigenvalue weighted by atomic mass is 32.2. The van der Waals surface area contributed by atoms with Crippen molar-refractivity contribution in [3.05, 3.63) is 65.5 Å². The zero-order chi connectivity index (χ0) is 20.6. The molecule has 0 bridgehead atoms. The smallest absolute Gasteiger partial charge is 0.322 e. The first kappa shape index (κ1) is 19.6. The summed E-state index contributed by atoms with van der Waals surface area (Å²) in [5.74, 6) is 0.306. The molecule has 1 N–H and O–H groups in total. The molecule has 8 heteroatoms. The van der Waals surface area contributed by atoms with Crippen molar-refractivity contribution in [1.82, 2.24) is 4.31 Å². The lowest BCUT2D eigenvalue weighted by Crippen LogP contribution is -2.40. The van der Waals surface area contributed by atoms with Gasteiger partial charge in [0.1, 0.15) is 17.5 Å². The molecule has 0 saturated carbocycles. The summed E-state index contributed by atoms with van der Waals surface area (Å²) >= 11 is 1.38. The van der Waals surface area contributed by atoms with Gasteiger partial charge in [0.05, 0.1) is 11.4 Å². The number of hydrogen-bond acceptors (Lipinski definition) is 5. The molecular weight excluding hydrogens is 410 g/mol. The minimum Gasteiger partial charge on any atom is -0.480 e. The molecule has 1 atom stereocenters. The molecule has 0 saturated heterocycles. The predicted molar refractivity (Wildman–Crippen MR) is 111 cm³/mol. The molecule has 0 radical (unpaired) electrons. The lowest BCUT2D eigenvalue weighted by atomic mass is 10.2. The van der Waals surface area contributed by atoms with Crippen molar-refractivity contribution in [2.24, 2.45) is 0 Å². The molecule has 1 aromatic heterocycles. The number of fused-ring (bicyclic) bond motifs is 1. The summed E-state index contributed by atoms with van der Waals surface area (Å²) in [6, 6.07) is 17.5. The van der Waals surface area contributed by atoms with Crippen LogP contribution in [0.2, 0.25) is 0 Å². The first-order valence-corrected chi connectivity index (χ1v) is 11.4. The van der Waals surface area contributed by atoms with E-state index in [9.17, 15) is 18.3 Å². The van der Waals surface area contributed by atoms with Crippen molar-refractivity contribution in [3.63, 3.8) is 0 Å². The highest BCUT2D eigenvalue weighted by molar-refractivity contribution is 7.89. The Morgan fingerprint density at radius 2 is 1.79 bits per heavy atom. The van der Waals surface area contributed by atoms with Gasteiger partial charge in [-0.2, -0.15) is 4.31 Å². The maximum atomic E-state index is 12.8. The number of carbonyl (C=O) groups is 1. The third kappa shape index (κ3) is 3.66. The topological polar surface area (TPSA) is 83.9 Å². The lowest BCUT2D eigenvalue weighted by molar-refractivity contribution is -0.141. The van der Waals surface area contributed by atoms with E-state index in [1.165, 1.54) is 11.3 Å². The van der Waals surface area contributed by atoms with Gasteiger partial charge in [-0.15, -0.1) is 11.3 Å². The van der Waals surface area contributed by atoms with Crippen LogP contribution in [-0.2, 0) is 21.4 Å². The highest BCUT2D eigenvalue weighted by Gasteiger charge is 2.42. The van der Waals surface area contributed by atoms with Crippen molar-refractivity contribution in [2.75, 3.05) is 0 Å². The summed E-state index contributed by atoms with van der Waals surface area (Å²) in [5, 5.41) is 9.33. The minimum absolute atomic E-state index is 0.0995. The van der Waals surface area contributed by atoms with Crippen LogP contribution in [0.3, 0.4) is 0 Å². The van der Waals surface area contributed by atoms with E-state index in [1.54, 1.807) is 13.0 Å². The zero-order valence-electron chi connectivity index (χ0n) is 15.6. The van der Waals surface area contributed by atoms with Crippen molar-refractivity contribution in [2.45, 2.75) is 30.8 Å². The molecule has 4 rings (SSSR count). The van der Waals surface area contributed by atoms with Crippen LogP contribution in [0.5, 0.6) is 11.5 Å². The molecule has 29 heavy (non-hydrogen) atoms. The van der Waals surface area contributed by atoms with Crippen molar-refractivity contribution in [3.8, 4) is 21.9 Å². The van der Waals surface area contributed by atoms with Crippen LogP contribution in [-0.4, -0.2) is 29.8 Å². The quantitative estimate of drug-likeness (QED) is 0.620. The second-order valence-corrected chi connectivity index (χ2v) is 9.65. The third-order valence-electron chi connectivity index (χ3n) is 4.79. The van der Waals surface area contributed by atoms with E-state index in [2.05, 4.69) is 0 Å². The number of rotatable bonds is 6. The summed E-state index contributed by atoms with van der Waals surface area (Å²) in [5.41, 5.74) is 0.886. The number of aliphatic carboxylic acids is 1. The molecule has 6 nitrogen and oxygen atoms in total. The van der Waals surface area contributed by atoms with Gasteiger partial charge in [-0.05, 0) is 54.4 Å². The molecular formula is C21H19NO5S2. The number of carboxylic acids is 1. The maximum absolute atomic E-state index is 12.8. The molecule has 0 aliphatic carbocycles. The predicted octanol–water partition coefficient (Wildman–Crippen LogP) is 4.57. The largest absolute Gasteiger partial charge is 0.480 e. The number of hydrogen-bond donors (Lipinski definition) is 1. The van der Waals surface area contributed by atoms with Gasteiger partial charge in [0.2, 0.25) is 10.0 Å². The number of benzene rings is 2. The third-order valence-corrected chi connectivity index (χ3v) is 8.01. The number of ether oxygens (including phenoxy) is 1. The number of para-hydroxylation sites is 1. The van der Waals surface area contributed by atoms with Gasteiger partial charge in [0.25, 0.3) is 0 Å². The van der Waals surface area contributed by atoms with E-state index in [-0.39, 0.29) is 17.9 Å². The Morgan fingerprint density at radius 1 is 1.14 bits per heavy atom. The Morgan fingerprint density at radius 3 is 2.38 bits per heavy atom. The molecule has 0 spiro atoms. The molecule has 0 fully saturated rings. The molecule has 1 aliphatic rings. The van der Waals surface area contributed by atoms with E-state index >= 15 is 0 Å². The van der Waals surface area contributed by atoms with Crippen LogP contribution >= 0.6 is 11.3 Å². The monoisotopic (exact) mass is 429 g/mol. The maximum Gasteiger partial charge on any atom is 0.322 e. The van der Waals surface area contributed by atoms with Gasteiger partial charge in [0.15, 0.2) is 0 Å². The highest BCUT2D eigenvalue weighted by Crippen LogP contribution is 2.42. The van der Waals surface area contributed by atoms with E-state index < -0.39 is 22.0 Å². The first-order chi connectivity index (χ1) is 13.9. The van der Waals surface area contributed by atoms with Crippen molar-refractivity contribution in [1.29, 1.82) is 0 Å². The summed E-state index contributed by atoms with van der Waals surface area (Å²) < 4.78 is 32.5. The summed E-state index contributed by atoms with van der Waals surface area (Å²) in [7, 11) is -3.80. The van der Waals surface area contributed by atoms with Gasteiger partial charge in [-0.25, -0.2) is 8.42 Å². The normalized spacial score (nSPS) is 16.3.